The van der Waals surface area contributed by atoms with Crippen LogP contribution in [0.15, 0.2) is 30.6 Å². The summed E-state index contributed by atoms with van der Waals surface area (Å²) < 4.78 is 5.33. The van der Waals surface area contributed by atoms with Gasteiger partial charge in [-0.15, -0.1) is 0 Å². The van der Waals surface area contributed by atoms with E-state index in [1.165, 1.54) is 6.33 Å². The van der Waals surface area contributed by atoms with E-state index in [9.17, 15) is 4.79 Å². The maximum absolute atomic E-state index is 12.4. The van der Waals surface area contributed by atoms with Crippen molar-refractivity contribution in [1.82, 2.24) is 25.4 Å². The average Bonchev–Trinajstić information content (AvgIpc) is 3.10. The number of hydrogen-bond donors (Lipinski definition) is 2. The Bertz CT molecular complexity index is 873. The van der Waals surface area contributed by atoms with E-state index < -0.39 is 0 Å². The van der Waals surface area contributed by atoms with Crippen molar-refractivity contribution in [1.29, 1.82) is 0 Å². The third kappa shape index (κ3) is 2.88. The van der Waals surface area contributed by atoms with Crippen molar-refractivity contribution in [3.63, 3.8) is 0 Å². The lowest BCUT2D eigenvalue weighted by molar-refractivity contribution is 0.102. The predicted octanol–water partition coefficient (Wildman–Crippen LogP) is 0.837. The van der Waals surface area contributed by atoms with Gasteiger partial charge >= 0.3 is 0 Å². The molecule has 9 nitrogen and oxygen atoms in total. The van der Waals surface area contributed by atoms with Crippen molar-refractivity contribution in [2.24, 2.45) is 0 Å². The van der Waals surface area contributed by atoms with Gasteiger partial charge in [-0.25, -0.2) is 9.97 Å². The van der Waals surface area contributed by atoms with Crippen LogP contribution in [0, 0.1) is 0 Å². The molecule has 1 aliphatic rings. The number of benzene rings is 1. The minimum Gasteiger partial charge on any atom is -0.378 e. The number of amides is 1. The lowest BCUT2D eigenvalue weighted by atomic mass is 10.2. The fraction of sp³-hybridized carbons (Fsp3) is 0.267. The zero-order chi connectivity index (χ0) is 16.4. The molecular weight excluding hydrogens is 310 g/mol. The fourth-order valence-corrected chi connectivity index (χ4v) is 2.55. The molecule has 0 atom stereocenters. The Kier molecular flexibility index (Phi) is 3.75. The first-order valence-corrected chi connectivity index (χ1v) is 7.56. The predicted molar refractivity (Wildman–Crippen MR) is 86.9 cm³/mol. The van der Waals surface area contributed by atoms with Crippen molar-refractivity contribution >= 4 is 28.4 Å². The second-order valence-corrected chi connectivity index (χ2v) is 5.34. The zero-order valence-electron chi connectivity index (χ0n) is 12.8. The third-order valence-corrected chi connectivity index (χ3v) is 3.79. The number of ether oxygens (including phenoxy) is 1. The smallest absolute Gasteiger partial charge is 0.274 e. The minimum atomic E-state index is -0.297. The fourth-order valence-electron chi connectivity index (χ4n) is 2.55. The van der Waals surface area contributed by atoms with E-state index in [0.29, 0.717) is 30.1 Å². The van der Waals surface area contributed by atoms with Gasteiger partial charge in [-0.3, -0.25) is 4.79 Å². The molecular formula is C15H15N7O2. The molecule has 9 heteroatoms. The van der Waals surface area contributed by atoms with Crippen molar-refractivity contribution in [3.05, 3.63) is 36.3 Å². The molecule has 122 valence electrons. The molecule has 1 amide bonds. The maximum Gasteiger partial charge on any atom is 0.274 e. The number of H-pyrrole nitrogens is 1. The molecule has 1 saturated heterocycles. The second-order valence-electron chi connectivity index (χ2n) is 5.34. The summed E-state index contributed by atoms with van der Waals surface area (Å²) in [5, 5.41) is 13.3. The molecule has 3 heterocycles. The number of anilines is 2. The highest BCUT2D eigenvalue weighted by atomic mass is 16.5. The molecule has 1 aliphatic heterocycles. The number of morpholine rings is 1. The summed E-state index contributed by atoms with van der Waals surface area (Å²) in [6.07, 6.45) is 1.40. The Morgan fingerprint density at radius 2 is 1.96 bits per heavy atom. The molecule has 1 aromatic carbocycles. The number of aromatic amines is 1. The Labute approximate surface area is 137 Å². The Morgan fingerprint density at radius 1 is 1.12 bits per heavy atom. The van der Waals surface area contributed by atoms with Crippen molar-refractivity contribution < 1.29 is 9.53 Å². The quantitative estimate of drug-likeness (QED) is 0.734. The first-order valence-electron chi connectivity index (χ1n) is 7.56. The van der Waals surface area contributed by atoms with E-state index in [0.717, 1.165) is 24.4 Å². The molecule has 24 heavy (non-hydrogen) atoms. The molecule has 4 rings (SSSR count). The SMILES string of the molecule is O=C(Nc1ccc2n[nH]nc2c1)c1cc(N2CCOCC2)ncn1. The van der Waals surface area contributed by atoms with Gasteiger partial charge in [0.05, 0.1) is 13.2 Å². The van der Waals surface area contributed by atoms with Crippen LogP contribution >= 0.6 is 0 Å². The van der Waals surface area contributed by atoms with Crippen LogP contribution in [0.2, 0.25) is 0 Å². The summed E-state index contributed by atoms with van der Waals surface area (Å²) in [6.45, 7) is 2.81. The molecule has 0 bridgehead atoms. The summed E-state index contributed by atoms with van der Waals surface area (Å²) in [4.78, 5) is 22.8. The van der Waals surface area contributed by atoms with Crippen LogP contribution in [0.25, 0.3) is 11.0 Å². The van der Waals surface area contributed by atoms with Gasteiger partial charge in [-0.05, 0) is 18.2 Å². The second kappa shape index (κ2) is 6.20. The number of rotatable bonds is 3. The van der Waals surface area contributed by atoms with Gasteiger partial charge in [-0.1, -0.05) is 0 Å². The summed E-state index contributed by atoms with van der Waals surface area (Å²) in [5.41, 5.74) is 2.37. The van der Waals surface area contributed by atoms with Crippen LogP contribution in [0.1, 0.15) is 10.5 Å². The van der Waals surface area contributed by atoms with E-state index in [-0.39, 0.29) is 5.91 Å². The highest BCUT2D eigenvalue weighted by molar-refractivity contribution is 6.03. The summed E-state index contributed by atoms with van der Waals surface area (Å²) in [5.74, 6) is 0.431. The molecule has 0 spiro atoms. The number of nitrogens with one attached hydrogen (secondary N) is 2. The summed E-state index contributed by atoms with van der Waals surface area (Å²) in [6, 6.07) is 7.00. The summed E-state index contributed by atoms with van der Waals surface area (Å²) in [7, 11) is 0. The van der Waals surface area contributed by atoms with Crippen molar-refractivity contribution in [2.45, 2.75) is 0 Å². The molecule has 2 N–H and O–H groups in total. The van der Waals surface area contributed by atoms with E-state index in [4.69, 9.17) is 4.74 Å². The Balaban J connectivity index is 1.53. The van der Waals surface area contributed by atoms with Crippen LogP contribution in [-0.2, 0) is 4.74 Å². The molecule has 0 unspecified atom stereocenters. The number of aromatic nitrogens is 5. The van der Waals surface area contributed by atoms with E-state index in [1.807, 2.05) is 0 Å². The van der Waals surface area contributed by atoms with Crippen LogP contribution in [0.4, 0.5) is 11.5 Å². The number of hydrogen-bond acceptors (Lipinski definition) is 7. The number of fused-ring (bicyclic) bond motifs is 1. The van der Waals surface area contributed by atoms with Crippen LogP contribution in [0.5, 0.6) is 0 Å². The first-order chi connectivity index (χ1) is 11.8. The average molecular weight is 325 g/mol. The topological polar surface area (TPSA) is 109 Å². The van der Waals surface area contributed by atoms with Crippen molar-refractivity contribution in [3.8, 4) is 0 Å². The monoisotopic (exact) mass is 325 g/mol. The van der Waals surface area contributed by atoms with Gasteiger partial charge in [-0.2, -0.15) is 15.4 Å². The molecule has 0 radical (unpaired) electrons. The Hall–Kier alpha value is -3.07. The lowest BCUT2D eigenvalue weighted by Crippen LogP contribution is -2.37. The van der Waals surface area contributed by atoms with Gasteiger partial charge in [0.25, 0.3) is 5.91 Å². The van der Waals surface area contributed by atoms with Gasteiger partial charge < -0.3 is 15.0 Å². The molecule has 0 aliphatic carbocycles. The van der Waals surface area contributed by atoms with Gasteiger partial charge in [0.2, 0.25) is 0 Å². The third-order valence-electron chi connectivity index (χ3n) is 3.79. The molecule has 2 aromatic heterocycles. The van der Waals surface area contributed by atoms with Crippen LogP contribution in [0.3, 0.4) is 0 Å². The van der Waals surface area contributed by atoms with Crippen LogP contribution < -0.4 is 10.2 Å². The molecule has 1 fully saturated rings. The van der Waals surface area contributed by atoms with Gasteiger partial charge in [0, 0.05) is 24.8 Å². The van der Waals surface area contributed by atoms with Crippen molar-refractivity contribution in [2.75, 3.05) is 36.5 Å². The molecule has 0 saturated carbocycles. The van der Waals surface area contributed by atoms with E-state index in [2.05, 4.69) is 35.6 Å². The highest BCUT2D eigenvalue weighted by Crippen LogP contribution is 2.17. The van der Waals surface area contributed by atoms with E-state index in [1.54, 1.807) is 24.3 Å². The maximum atomic E-state index is 12.4. The number of carbonyl (C=O) groups is 1. The van der Waals surface area contributed by atoms with E-state index >= 15 is 0 Å². The normalized spacial score (nSPS) is 14.8. The lowest BCUT2D eigenvalue weighted by Gasteiger charge is -2.27. The summed E-state index contributed by atoms with van der Waals surface area (Å²) >= 11 is 0. The Morgan fingerprint density at radius 3 is 2.83 bits per heavy atom. The van der Waals surface area contributed by atoms with Gasteiger partial charge in [0.1, 0.15) is 28.9 Å². The van der Waals surface area contributed by atoms with Crippen LogP contribution in [-0.4, -0.2) is 57.6 Å². The highest BCUT2D eigenvalue weighted by Gasteiger charge is 2.16. The standard InChI is InChI=1S/C15H15N7O2/c23-15(18-10-1-2-11-12(7-10)20-21-19-11)13-8-14(17-9-16-13)22-3-5-24-6-4-22/h1-2,7-9H,3-6H2,(H,18,23)(H,19,20,21). The number of nitrogens with zero attached hydrogens (tertiary/aromatic N) is 5. The molecule has 3 aromatic rings. The first kappa shape index (κ1) is 14.5. The minimum absolute atomic E-state index is 0.297. The van der Waals surface area contributed by atoms with Gasteiger partial charge in [0.15, 0.2) is 0 Å². The largest absolute Gasteiger partial charge is 0.378 e. The number of carbonyl (C=O) groups excluding carboxylic acids is 1. The zero-order valence-corrected chi connectivity index (χ0v) is 12.8.